The fourth-order valence-electron chi connectivity index (χ4n) is 6.04. The number of carbonyl (C=O) groups is 1. The van der Waals surface area contributed by atoms with Crippen LogP contribution in [0.15, 0.2) is 42.7 Å². The molecule has 4 heterocycles. The molecule has 0 bridgehead atoms. The van der Waals surface area contributed by atoms with Gasteiger partial charge in [0.05, 0.1) is 25.3 Å². The van der Waals surface area contributed by atoms with Gasteiger partial charge in [0, 0.05) is 62.9 Å². The summed E-state index contributed by atoms with van der Waals surface area (Å²) in [5.74, 6) is 0.416. The number of aromatic nitrogens is 3. The lowest BCUT2D eigenvalue weighted by Crippen LogP contribution is -2.49. The number of likely N-dealkylation sites (N-methyl/N-ethyl adjacent to an activating group) is 1. The molecule has 6 rings (SSSR count). The zero-order valence-corrected chi connectivity index (χ0v) is 22.7. The number of alkyl halides is 3. The van der Waals surface area contributed by atoms with Crippen LogP contribution in [-0.4, -0.2) is 76.4 Å². The Morgan fingerprint density at radius 3 is 2.42 bits per heavy atom. The number of piperazine rings is 1. The Hall–Kier alpha value is -3.28. The third-order valence-corrected chi connectivity index (χ3v) is 8.55. The van der Waals surface area contributed by atoms with Gasteiger partial charge in [-0.15, -0.1) is 10.2 Å². The number of amides is 1. The Morgan fingerprint density at radius 2 is 1.80 bits per heavy atom. The van der Waals surface area contributed by atoms with E-state index in [1.54, 1.807) is 18.5 Å². The van der Waals surface area contributed by atoms with Crippen LogP contribution in [0.4, 0.5) is 18.9 Å². The number of hydrogen-bond donors (Lipinski definition) is 0. The number of carbonyl (C=O) groups excluding carboxylic acids is 1. The van der Waals surface area contributed by atoms with Crippen molar-refractivity contribution in [2.45, 2.75) is 38.0 Å². The molecular formula is C29H33F3N6O2. The molecule has 3 aliphatic rings. The van der Waals surface area contributed by atoms with Gasteiger partial charge in [-0.3, -0.25) is 9.69 Å². The van der Waals surface area contributed by atoms with Crippen LogP contribution in [0.1, 0.15) is 45.4 Å². The SMILES string of the molecule is CCN1CCN(Cc2cc3c(c(C(F)(F)F)c2)CN(c2cccc(C4(Cc5nncn5C)COC4)c2)C3=O)CC1. The summed E-state index contributed by atoms with van der Waals surface area (Å²) in [7, 11) is 1.89. The Morgan fingerprint density at radius 1 is 1.05 bits per heavy atom. The Balaban J connectivity index is 1.28. The van der Waals surface area contributed by atoms with Crippen LogP contribution in [0.3, 0.4) is 0 Å². The second-order valence-electron chi connectivity index (χ2n) is 11.1. The van der Waals surface area contributed by atoms with Crippen molar-refractivity contribution in [2.24, 2.45) is 7.05 Å². The summed E-state index contributed by atoms with van der Waals surface area (Å²) in [5, 5.41) is 8.19. The number of aryl methyl sites for hydroxylation is 1. The zero-order valence-electron chi connectivity index (χ0n) is 22.7. The third-order valence-electron chi connectivity index (χ3n) is 8.55. The highest BCUT2D eigenvalue weighted by atomic mass is 19.4. The van der Waals surface area contributed by atoms with Gasteiger partial charge in [0.2, 0.25) is 0 Å². The van der Waals surface area contributed by atoms with Crippen molar-refractivity contribution < 1.29 is 22.7 Å². The summed E-state index contributed by atoms with van der Waals surface area (Å²) in [6.45, 7) is 7.69. The lowest BCUT2D eigenvalue weighted by atomic mass is 9.75. The lowest BCUT2D eigenvalue weighted by Gasteiger charge is -2.42. The standard InChI is InChI=1S/C29H33F3N6O2/c1-3-36-7-9-37(10-8-36)15-20-11-23-24(25(12-20)29(30,31)32)16-38(27(23)39)22-6-4-5-21(13-22)28(17-40-18-28)14-26-34-33-19-35(26)2/h4-6,11-13,19H,3,7-10,14-18H2,1-2H3. The smallest absolute Gasteiger partial charge is 0.379 e. The molecule has 40 heavy (non-hydrogen) atoms. The monoisotopic (exact) mass is 554 g/mol. The minimum atomic E-state index is -4.55. The maximum Gasteiger partial charge on any atom is 0.416 e. The minimum absolute atomic E-state index is 0.0447. The fourth-order valence-corrected chi connectivity index (χ4v) is 6.04. The molecule has 1 amide bonds. The fraction of sp³-hybridized carbons (Fsp3) is 0.483. The van der Waals surface area contributed by atoms with E-state index in [0.717, 1.165) is 44.1 Å². The highest BCUT2D eigenvalue weighted by Crippen LogP contribution is 2.41. The highest BCUT2D eigenvalue weighted by molar-refractivity contribution is 6.10. The second kappa shape index (κ2) is 10.3. The first-order valence-corrected chi connectivity index (χ1v) is 13.7. The summed E-state index contributed by atoms with van der Waals surface area (Å²) < 4.78 is 50.3. The average Bonchev–Trinajstić information content (AvgIpc) is 3.48. The molecule has 212 valence electrons. The van der Waals surface area contributed by atoms with Gasteiger partial charge in [-0.25, -0.2) is 0 Å². The molecule has 0 radical (unpaired) electrons. The largest absolute Gasteiger partial charge is 0.416 e. The van der Waals surface area contributed by atoms with E-state index >= 15 is 0 Å². The van der Waals surface area contributed by atoms with E-state index in [9.17, 15) is 18.0 Å². The molecule has 0 saturated carbocycles. The van der Waals surface area contributed by atoms with Crippen LogP contribution < -0.4 is 4.90 Å². The number of fused-ring (bicyclic) bond motifs is 1. The summed E-state index contributed by atoms with van der Waals surface area (Å²) in [6, 6.07) is 10.4. The summed E-state index contributed by atoms with van der Waals surface area (Å²) in [5.41, 5.74) is 1.20. The van der Waals surface area contributed by atoms with E-state index in [0.29, 0.717) is 37.4 Å². The van der Waals surface area contributed by atoms with E-state index in [-0.39, 0.29) is 23.1 Å². The molecule has 0 N–H and O–H groups in total. The van der Waals surface area contributed by atoms with Crippen LogP contribution in [0, 0.1) is 0 Å². The molecular weight excluding hydrogens is 521 g/mol. The number of rotatable bonds is 7. The van der Waals surface area contributed by atoms with Gasteiger partial charge in [-0.1, -0.05) is 19.1 Å². The summed E-state index contributed by atoms with van der Waals surface area (Å²) >= 11 is 0. The molecule has 3 aromatic rings. The lowest BCUT2D eigenvalue weighted by molar-refractivity contribution is -0.138. The first kappa shape index (κ1) is 26.9. The number of halogens is 3. The van der Waals surface area contributed by atoms with Crippen LogP contribution in [-0.2, 0) is 42.9 Å². The van der Waals surface area contributed by atoms with Gasteiger partial charge < -0.3 is 19.1 Å². The summed E-state index contributed by atoms with van der Waals surface area (Å²) in [4.78, 5) is 19.6. The molecule has 3 aliphatic heterocycles. The molecule has 11 heteroatoms. The maximum absolute atomic E-state index is 14.3. The van der Waals surface area contributed by atoms with Crippen molar-refractivity contribution >= 4 is 11.6 Å². The highest BCUT2D eigenvalue weighted by Gasteiger charge is 2.43. The molecule has 0 atom stereocenters. The predicted molar refractivity (Wildman–Crippen MR) is 143 cm³/mol. The molecule has 2 aromatic carbocycles. The number of ether oxygens (including phenoxy) is 1. The second-order valence-corrected chi connectivity index (χ2v) is 11.1. The summed E-state index contributed by atoms with van der Waals surface area (Å²) in [6.07, 6.45) is -2.30. The van der Waals surface area contributed by atoms with Gasteiger partial charge in [0.25, 0.3) is 5.91 Å². The van der Waals surface area contributed by atoms with Crippen molar-refractivity contribution in [1.82, 2.24) is 24.6 Å². The topological polar surface area (TPSA) is 66.7 Å². The third kappa shape index (κ3) is 4.90. The number of anilines is 1. The number of hydrogen-bond acceptors (Lipinski definition) is 6. The van der Waals surface area contributed by atoms with Crippen LogP contribution in [0.25, 0.3) is 0 Å². The van der Waals surface area contributed by atoms with E-state index < -0.39 is 17.6 Å². The average molecular weight is 555 g/mol. The predicted octanol–water partition coefficient (Wildman–Crippen LogP) is 3.64. The van der Waals surface area contributed by atoms with E-state index in [4.69, 9.17) is 4.74 Å². The minimum Gasteiger partial charge on any atom is -0.379 e. The molecule has 2 fully saturated rings. The Kier molecular flexibility index (Phi) is 6.92. The quantitative estimate of drug-likeness (QED) is 0.445. The molecule has 8 nitrogen and oxygen atoms in total. The molecule has 1 aromatic heterocycles. The van der Waals surface area contributed by atoms with E-state index in [1.165, 1.54) is 11.0 Å². The maximum atomic E-state index is 14.3. The van der Waals surface area contributed by atoms with Gasteiger partial charge in [0.1, 0.15) is 12.2 Å². The van der Waals surface area contributed by atoms with Crippen LogP contribution in [0.2, 0.25) is 0 Å². The van der Waals surface area contributed by atoms with Crippen molar-refractivity contribution in [3.63, 3.8) is 0 Å². The number of benzene rings is 2. The van der Waals surface area contributed by atoms with Gasteiger partial charge in [-0.2, -0.15) is 13.2 Å². The van der Waals surface area contributed by atoms with Gasteiger partial charge >= 0.3 is 6.18 Å². The molecule has 0 aliphatic carbocycles. The molecule has 0 spiro atoms. The molecule has 2 saturated heterocycles. The van der Waals surface area contributed by atoms with Crippen LogP contribution in [0.5, 0.6) is 0 Å². The zero-order chi connectivity index (χ0) is 28.1. The van der Waals surface area contributed by atoms with Crippen molar-refractivity contribution in [3.8, 4) is 0 Å². The Bertz CT molecular complexity index is 1410. The van der Waals surface area contributed by atoms with Crippen molar-refractivity contribution in [3.05, 3.63) is 76.4 Å². The van der Waals surface area contributed by atoms with Crippen molar-refractivity contribution in [2.75, 3.05) is 50.8 Å². The first-order chi connectivity index (χ1) is 19.2. The van der Waals surface area contributed by atoms with E-state index in [1.807, 2.05) is 29.8 Å². The van der Waals surface area contributed by atoms with Crippen LogP contribution >= 0.6 is 0 Å². The van der Waals surface area contributed by atoms with E-state index in [2.05, 4.69) is 26.9 Å². The molecule has 0 unspecified atom stereocenters. The van der Waals surface area contributed by atoms with Gasteiger partial charge in [0.15, 0.2) is 0 Å². The van der Waals surface area contributed by atoms with Gasteiger partial charge in [-0.05, 0) is 47.5 Å². The van der Waals surface area contributed by atoms with Crippen molar-refractivity contribution in [1.29, 1.82) is 0 Å². The normalized spacial score (nSPS) is 19.6. The number of nitrogens with zero attached hydrogens (tertiary/aromatic N) is 6. The first-order valence-electron chi connectivity index (χ1n) is 13.7. The Labute approximate surface area is 231 Å².